The smallest absolute Gasteiger partial charge is 0.197 e. The number of aliphatic hydroxyl groups is 1. The second-order valence-electron chi connectivity index (χ2n) is 0.592. The molecule has 0 radical (unpaired) electrons. The highest BCUT2D eigenvalue weighted by molar-refractivity contribution is 4.76. The summed E-state index contributed by atoms with van der Waals surface area (Å²) in [5.41, 5.74) is 9.22. The van der Waals surface area contributed by atoms with Gasteiger partial charge in [0, 0.05) is 0 Å². The maximum absolute atomic E-state index is 7.88. The van der Waals surface area contributed by atoms with Crippen molar-refractivity contribution in [3.8, 4) is 0 Å². The fourth-order valence-electron chi connectivity index (χ4n) is 0. The maximum atomic E-state index is 7.88. The Morgan fingerprint density at radius 3 is 2.00 bits per heavy atom. The lowest BCUT2D eigenvalue weighted by Crippen LogP contribution is -1.97. The van der Waals surface area contributed by atoms with E-state index in [1.54, 1.807) is 0 Å². The van der Waals surface area contributed by atoms with Gasteiger partial charge in [-0.1, -0.05) is 0 Å². The molecule has 0 fully saturated rings. The predicted octanol–water partition coefficient (Wildman–Crippen LogP) is -0.739. The summed E-state index contributed by atoms with van der Waals surface area (Å²) in [4.78, 5) is 0. The molecule has 0 saturated carbocycles. The minimum Gasteiger partial charge on any atom is -0.494 e. The number of nitrogens with two attached hydrogens (primary N) is 2. The largest absolute Gasteiger partial charge is 0.494 e. The van der Waals surface area contributed by atoms with E-state index in [-0.39, 0.29) is 5.88 Å². The zero-order valence-electron chi connectivity index (χ0n) is 2.68. The summed E-state index contributed by atoms with van der Waals surface area (Å²) in [5.74, 6) is -0.343. The summed E-state index contributed by atoms with van der Waals surface area (Å²) < 4.78 is 0. The van der Waals surface area contributed by atoms with Crippen LogP contribution in [0.1, 0.15) is 0 Å². The molecule has 5 heavy (non-hydrogen) atoms. The fraction of sp³-hybridized carbons (Fsp3) is 0. The van der Waals surface area contributed by atoms with Crippen molar-refractivity contribution in [3.63, 3.8) is 0 Å². The van der Waals surface area contributed by atoms with Crippen molar-refractivity contribution < 1.29 is 5.11 Å². The molecule has 0 aromatic rings. The molecule has 0 bridgehead atoms. The van der Waals surface area contributed by atoms with Crippen LogP contribution in [0.25, 0.3) is 0 Å². The standard InChI is InChI=1S/C2H6N2O/c3-1-2(4)5/h1,5H,3-4H2. The molecule has 0 heterocycles. The predicted molar refractivity (Wildman–Crippen MR) is 19.1 cm³/mol. The molecule has 0 aliphatic carbocycles. The lowest BCUT2D eigenvalue weighted by atomic mass is 10.9. The van der Waals surface area contributed by atoms with Crippen LogP contribution < -0.4 is 11.5 Å². The Kier molecular flexibility index (Phi) is 1.21. The van der Waals surface area contributed by atoms with Gasteiger partial charge in [0.25, 0.3) is 0 Å². The van der Waals surface area contributed by atoms with Gasteiger partial charge in [-0.2, -0.15) is 0 Å². The third kappa shape index (κ3) is 3.14. The number of hydrogen-bond donors (Lipinski definition) is 3. The van der Waals surface area contributed by atoms with Gasteiger partial charge in [0.1, 0.15) is 0 Å². The topological polar surface area (TPSA) is 72.3 Å². The first-order chi connectivity index (χ1) is 2.27. The summed E-state index contributed by atoms with van der Waals surface area (Å²) in [5, 5.41) is 7.88. The fourth-order valence-corrected chi connectivity index (χ4v) is 0. The molecule has 0 saturated heterocycles. The lowest BCUT2D eigenvalue weighted by molar-refractivity contribution is 0.404. The molecular weight excluding hydrogens is 68.0 g/mol. The maximum Gasteiger partial charge on any atom is 0.197 e. The Balaban J connectivity index is 3.14. The second-order valence-corrected chi connectivity index (χ2v) is 0.592. The van der Waals surface area contributed by atoms with Gasteiger partial charge < -0.3 is 16.6 Å². The first kappa shape index (κ1) is 4.14. The van der Waals surface area contributed by atoms with Crippen molar-refractivity contribution in [2.75, 3.05) is 0 Å². The van der Waals surface area contributed by atoms with Gasteiger partial charge in [-0.3, -0.25) is 0 Å². The molecule has 5 N–H and O–H groups in total. The van der Waals surface area contributed by atoms with Crippen LogP contribution in [0.15, 0.2) is 12.1 Å². The van der Waals surface area contributed by atoms with E-state index in [2.05, 4.69) is 11.5 Å². The summed E-state index contributed by atoms with van der Waals surface area (Å²) in [6, 6.07) is 0. The van der Waals surface area contributed by atoms with Crippen LogP contribution >= 0.6 is 0 Å². The first-order valence-corrected chi connectivity index (χ1v) is 1.13. The van der Waals surface area contributed by atoms with Gasteiger partial charge in [-0.05, 0) is 0 Å². The van der Waals surface area contributed by atoms with Gasteiger partial charge in [-0.15, -0.1) is 0 Å². The van der Waals surface area contributed by atoms with Crippen LogP contribution in [0.4, 0.5) is 0 Å². The van der Waals surface area contributed by atoms with E-state index >= 15 is 0 Å². The van der Waals surface area contributed by atoms with E-state index in [1.165, 1.54) is 0 Å². The van der Waals surface area contributed by atoms with Crippen LogP contribution in [0, 0.1) is 0 Å². The van der Waals surface area contributed by atoms with Gasteiger partial charge in [0.05, 0.1) is 6.20 Å². The molecule has 3 nitrogen and oxygen atoms in total. The van der Waals surface area contributed by atoms with Gasteiger partial charge >= 0.3 is 0 Å². The summed E-state index contributed by atoms with van der Waals surface area (Å²) in [6.07, 6.45) is 0.917. The molecular formula is C2H6N2O. The van der Waals surface area contributed by atoms with Crippen LogP contribution in [0.5, 0.6) is 0 Å². The molecule has 0 atom stereocenters. The third-order valence-electron chi connectivity index (χ3n) is 0.171. The molecule has 0 aliphatic rings. The molecule has 0 aliphatic heterocycles. The normalized spacial score (nSPS) is 11.6. The van der Waals surface area contributed by atoms with E-state index in [0.717, 1.165) is 6.20 Å². The molecule has 0 spiro atoms. The molecule has 3 heteroatoms. The number of rotatable bonds is 0. The minimum absolute atomic E-state index is 0.343. The second kappa shape index (κ2) is 1.46. The Labute approximate surface area is 29.9 Å². The van der Waals surface area contributed by atoms with Crippen LogP contribution in [-0.2, 0) is 0 Å². The van der Waals surface area contributed by atoms with Crippen LogP contribution in [0.2, 0.25) is 0 Å². The Morgan fingerprint density at radius 1 is 1.80 bits per heavy atom. The molecule has 30 valence electrons. The average Bonchev–Trinajstić information content (AvgIpc) is 1.38. The number of hydrogen-bond acceptors (Lipinski definition) is 3. The van der Waals surface area contributed by atoms with Crippen molar-refractivity contribution in [3.05, 3.63) is 12.1 Å². The average molecular weight is 74.1 g/mol. The minimum atomic E-state index is -0.343. The molecule has 0 aromatic heterocycles. The van der Waals surface area contributed by atoms with E-state index < -0.39 is 0 Å². The highest BCUT2D eigenvalue weighted by atomic mass is 16.3. The van der Waals surface area contributed by atoms with Crippen molar-refractivity contribution in [2.45, 2.75) is 0 Å². The van der Waals surface area contributed by atoms with E-state index in [4.69, 9.17) is 5.11 Å². The third-order valence-corrected chi connectivity index (χ3v) is 0.171. The Bertz CT molecular complexity index is 45.6. The monoisotopic (exact) mass is 74.0 g/mol. The van der Waals surface area contributed by atoms with Crippen molar-refractivity contribution in [2.24, 2.45) is 11.5 Å². The molecule has 0 aromatic carbocycles. The van der Waals surface area contributed by atoms with E-state index in [0.29, 0.717) is 0 Å². The van der Waals surface area contributed by atoms with Gasteiger partial charge in [0.2, 0.25) is 0 Å². The molecule has 0 unspecified atom stereocenters. The molecule has 0 amide bonds. The summed E-state index contributed by atoms with van der Waals surface area (Å²) in [7, 11) is 0. The number of aliphatic hydroxyl groups excluding tert-OH is 1. The highest BCUT2D eigenvalue weighted by Gasteiger charge is 1.63. The quantitative estimate of drug-likeness (QED) is 0.331. The Hall–Kier alpha value is -0.860. The van der Waals surface area contributed by atoms with Gasteiger partial charge in [-0.25, -0.2) is 0 Å². The SMILES string of the molecule is NC=C(N)O. The van der Waals surface area contributed by atoms with Crippen molar-refractivity contribution >= 4 is 0 Å². The summed E-state index contributed by atoms with van der Waals surface area (Å²) >= 11 is 0. The lowest BCUT2D eigenvalue weighted by Gasteiger charge is -1.76. The zero-order chi connectivity index (χ0) is 4.28. The van der Waals surface area contributed by atoms with Crippen LogP contribution in [0.3, 0.4) is 0 Å². The first-order valence-electron chi connectivity index (χ1n) is 1.13. The van der Waals surface area contributed by atoms with Crippen molar-refractivity contribution in [1.82, 2.24) is 0 Å². The van der Waals surface area contributed by atoms with Crippen molar-refractivity contribution in [1.29, 1.82) is 0 Å². The molecule has 0 rings (SSSR count). The zero-order valence-corrected chi connectivity index (χ0v) is 2.68. The Morgan fingerprint density at radius 2 is 2.00 bits per heavy atom. The van der Waals surface area contributed by atoms with Gasteiger partial charge in [0.15, 0.2) is 5.88 Å². The van der Waals surface area contributed by atoms with E-state index in [1.807, 2.05) is 0 Å². The van der Waals surface area contributed by atoms with E-state index in [9.17, 15) is 0 Å². The highest BCUT2D eigenvalue weighted by Crippen LogP contribution is 1.57. The summed E-state index contributed by atoms with van der Waals surface area (Å²) in [6.45, 7) is 0. The van der Waals surface area contributed by atoms with Crippen LogP contribution in [-0.4, -0.2) is 5.11 Å².